The number of rotatable bonds is 4. The summed E-state index contributed by atoms with van der Waals surface area (Å²) in [7, 11) is 0. The Morgan fingerprint density at radius 1 is 0.828 bits per heavy atom. The summed E-state index contributed by atoms with van der Waals surface area (Å²) in [4.78, 5) is 15.1. The van der Waals surface area contributed by atoms with Gasteiger partial charge in [0, 0.05) is 23.2 Å². The van der Waals surface area contributed by atoms with Gasteiger partial charge in [-0.2, -0.15) is 0 Å². The van der Waals surface area contributed by atoms with E-state index in [-0.39, 0.29) is 5.97 Å². The molecule has 3 aromatic rings. The third-order valence-electron chi connectivity index (χ3n) is 5.98. The van der Waals surface area contributed by atoms with E-state index in [9.17, 15) is 4.79 Å². The Hall–Kier alpha value is -3.11. The molecule has 0 aliphatic carbocycles. The highest BCUT2D eigenvalue weighted by Gasteiger charge is 2.53. The van der Waals surface area contributed by atoms with Crippen molar-refractivity contribution in [3.63, 3.8) is 0 Å². The van der Waals surface area contributed by atoms with Crippen LogP contribution in [-0.2, 0) is 16.9 Å². The number of carbonyl (C=O) groups excluding carboxylic acids is 1. The molecule has 146 valence electrons. The molecule has 2 aliphatic rings. The van der Waals surface area contributed by atoms with Gasteiger partial charge in [0.05, 0.1) is 5.56 Å². The fourth-order valence-corrected chi connectivity index (χ4v) is 4.47. The Bertz CT molecular complexity index is 1100. The molecule has 4 nitrogen and oxygen atoms in total. The van der Waals surface area contributed by atoms with E-state index in [2.05, 4.69) is 36.9 Å². The monoisotopic (exact) mass is 385 g/mol. The van der Waals surface area contributed by atoms with Gasteiger partial charge in [0.1, 0.15) is 11.5 Å². The van der Waals surface area contributed by atoms with Gasteiger partial charge in [0.2, 0.25) is 0 Å². The maximum Gasteiger partial charge on any atom is 0.340 e. The average Bonchev–Trinajstić information content (AvgIpc) is 3.05. The highest BCUT2D eigenvalue weighted by molar-refractivity contribution is 5.97. The van der Waals surface area contributed by atoms with Gasteiger partial charge in [-0.15, -0.1) is 0 Å². The van der Waals surface area contributed by atoms with Crippen molar-refractivity contribution in [2.45, 2.75) is 26.0 Å². The van der Waals surface area contributed by atoms with Gasteiger partial charge in [-0.05, 0) is 36.9 Å². The third kappa shape index (κ3) is 2.60. The van der Waals surface area contributed by atoms with Gasteiger partial charge in [-0.3, -0.25) is 4.90 Å². The molecule has 3 aromatic carbocycles. The number of ether oxygens (including phenoxy) is 2. The van der Waals surface area contributed by atoms with Crippen LogP contribution >= 0.6 is 0 Å². The number of para-hydroxylation sites is 1. The number of carbonyl (C=O) groups is 1. The highest BCUT2D eigenvalue weighted by Crippen LogP contribution is 2.55. The van der Waals surface area contributed by atoms with Crippen molar-refractivity contribution < 1.29 is 14.3 Å². The first-order valence-corrected chi connectivity index (χ1v) is 10.1. The third-order valence-corrected chi connectivity index (χ3v) is 5.98. The first-order chi connectivity index (χ1) is 14.2. The van der Waals surface area contributed by atoms with Crippen molar-refractivity contribution >= 4 is 5.97 Å². The minimum atomic E-state index is -0.967. The summed E-state index contributed by atoms with van der Waals surface area (Å²) in [5.41, 5.74) is 3.44. The fourth-order valence-electron chi connectivity index (χ4n) is 4.47. The lowest BCUT2D eigenvalue weighted by Gasteiger charge is -2.36. The van der Waals surface area contributed by atoms with E-state index in [1.165, 1.54) is 5.56 Å². The molecule has 29 heavy (non-hydrogen) atoms. The van der Waals surface area contributed by atoms with Crippen LogP contribution in [0.15, 0.2) is 66.7 Å². The van der Waals surface area contributed by atoms with E-state index in [1.807, 2.05) is 48.5 Å². The fraction of sp³-hybridized carbons (Fsp3) is 0.240. The zero-order valence-corrected chi connectivity index (χ0v) is 16.6. The summed E-state index contributed by atoms with van der Waals surface area (Å²) in [5, 5.41) is 0. The Morgan fingerprint density at radius 3 is 2.31 bits per heavy atom. The normalized spacial score (nSPS) is 18.8. The summed E-state index contributed by atoms with van der Waals surface area (Å²) >= 11 is 0. The molecule has 2 heterocycles. The Kier molecular flexibility index (Phi) is 4.18. The lowest BCUT2D eigenvalue weighted by Crippen LogP contribution is -2.33. The lowest BCUT2D eigenvalue weighted by atomic mass is 9.77. The molecular weight excluding hydrogens is 362 g/mol. The van der Waals surface area contributed by atoms with E-state index in [4.69, 9.17) is 9.47 Å². The molecule has 0 fully saturated rings. The van der Waals surface area contributed by atoms with Crippen molar-refractivity contribution in [3.8, 4) is 11.5 Å². The van der Waals surface area contributed by atoms with E-state index in [1.54, 1.807) is 0 Å². The van der Waals surface area contributed by atoms with Crippen LogP contribution in [0, 0.1) is 0 Å². The maximum atomic E-state index is 12.8. The van der Waals surface area contributed by atoms with Gasteiger partial charge in [-0.25, -0.2) is 4.79 Å². The number of hydrogen-bond acceptors (Lipinski definition) is 4. The quantitative estimate of drug-likeness (QED) is 0.586. The second-order valence-electron chi connectivity index (χ2n) is 7.51. The van der Waals surface area contributed by atoms with Crippen LogP contribution in [0.1, 0.15) is 46.5 Å². The van der Waals surface area contributed by atoms with Crippen LogP contribution < -0.4 is 4.74 Å². The lowest BCUT2D eigenvalue weighted by molar-refractivity contribution is 0.0224. The SMILES string of the molecule is CCN(CC)Cc1ccc2c(c1)Oc1ccccc1C21OC(=O)c2ccccc21. The van der Waals surface area contributed by atoms with Gasteiger partial charge >= 0.3 is 5.97 Å². The predicted molar refractivity (Wildman–Crippen MR) is 111 cm³/mol. The van der Waals surface area contributed by atoms with Gasteiger partial charge in [0.15, 0.2) is 5.60 Å². The van der Waals surface area contributed by atoms with Crippen LogP contribution in [0.25, 0.3) is 0 Å². The predicted octanol–water partition coefficient (Wildman–Crippen LogP) is 5.10. The smallest absolute Gasteiger partial charge is 0.340 e. The van der Waals surface area contributed by atoms with Crippen molar-refractivity contribution in [1.29, 1.82) is 0 Å². The molecule has 0 saturated carbocycles. The molecule has 0 saturated heterocycles. The van der Waals surface area contributed by atoms with E-state index >= 15 is 0 Å². The molecule has 5 rings (SSSR count). The number of benzene rings is 3. The first kappa shape index (κ1) is 18.0. The maximum absolute atomic E-state index is 12.8. The standard InChI is InChI=1S/C25H23NO3/c1-3-26(4-2)16-17-13-14-21-23(15-17)28-22-12-8-7-11-20(22)25(21)19-10-6-5-9-18(19)24(27)29-25/h5-15H,3-4,16H2,1-2H3. The van der Waals surface area contributed by atoms with Crippen LogP contribution in [0.4, 0.5) is 0 Å². The van der Waals surface area contributed by atoms with Crippen LogP contribution in [-0.4, -0.2) is 24.0 Å². The van der Waals surface area contributed by atoms with Crippen LogP contribution in [0.2, 0.25) is 0 Å². The van der Waals surface area contributed by atoms with Gasteiger partial charge < -0.3 is 9.47 Å². The van der Waals surface area contributed by atoms with Gasteiger partial charge in [-0.1, -0.05) is 62.4 Å². The topological polar surface area (TPSA) is 38.8 Å². The Labute approximate surface area is 170 Å². The second kappa shape index (κ2) is 6.75. The molecule has 1 spiro atoms. The number of fused-ring (bicyclic) bond motifs is 6. The molecule has 4 heteroatoms. The van der Waals surface area contributed by atoms with Crippen molar-refractivity contribution in [3.05, 3.63) is 94.5 Å². The molecule has 0 aromatic heterocycles. The Balaban J connectivity index is 1.71. The van der Waals surface area contributed by atoms with Crippen molar-refractivity contribution in [2.75, 3.05) is 13.1 Å². The summed E-state index contributed by atoms with van der Waals surface area (Å²) in [6, 6.07) is 21.7. The van der Waals surface area contributed by atoms with Crippen LogP contribution in [0.3, 0.4) is 0 Å². The zero-order chi connectivity index (χ0) is 20.0. The summed E-state index contributed by atoms with van der Waals surface area (Å²) in [5.74, 6) is 1.18. The molecular formula is C25H23NO3. The zero-order valence-electron chi connectivity index (χ0n) is 16.6. The molecule has 0 radical (unpaired) electrons. The molecule has 2 aliphatic heterocycles. The Morgan fingerprint density at radius 2 is 1.52 bits per heavy atom. The van der Waals surface area contributed by atoms with Gasteiger partial charge in [0.25, 0.3) is 0 Å². The molecule has 0 bridgehead atoms. The summed E-state index contributed by atoms with van der Waals surface area (Å²) in [6.07, 6.45) is 0. The number of hydrogen-bond donors (Lipinski definition) is 0. The molecule has 0 N–H and O–H groups in total. The second-order valence-corrected chi connectivity index (χ2v) is 7.51. The minimum absolute atomic E-state index is 0.296. The summed E-state index contributed by atoms with van der Waals surface area (Å²) < 4.78 is 12.4. The highest BCUT2D eigenvalue weighted by atomic mass is 16.6. The molecule has 1 atom stereocenters. The van der Waals surface area contributed by atoms with Crippen molar-refractivity contribution in [1.82, 2.24) is 4.90 Å². The average molecular weight is 385 g/mol. The minimum Gasteiger partial charge on any atom is -0.456 e. The largest absolute Gasteiger partial charge is 0.456 e. The van der Waals surface area contributed by atoms with Crippen LogP contribution in [0.5, 0.6) is 11.5 Å². The summed E-state index contributed by atoms with van der Waals surface area (Å²) in [6.45, 7) is 7.17. The first-order valence-electron chi connectivity index (χ1n) is 10.1. The van der Waals surface area contributed by atoms with E-state index in [0.29, 0.717) is 5.56 Å². The number of nitrogens with zero attached hydrogens (tertiary/aromatic N) is 1. The van der Waals surface area contributed by atoms with E-state index < -0.39 is 5.60 Å². The molecule has 1 unspecified atom stereocenters. The number of esters is 1. The molecule has 0 amide bonds. The van der Waals surface area contributed by atoms with E-state index in [0.717, 1.165) is 47.8 Å². The van der Waals surface area contributed by atoms with Crippen molar-refractivity contribution in [2.24, 2.45) is 0 Å².